The van der Waals surface area contributed by atoms with E-state index in [1.165, 1.54) is 44.6 Å². The summed E-state index contributed by atoms with van der Waals surface area (Å²) in [4.78, 5) is 10.3. The summed E-state index contributed by atoms with van der Waals surface area (Å²) in [5, 5.41) is 14.0. The molecular weight excluding hydrogens is 308 g/mol. The van der Waals surface area contributed by atoms with E-state index in [2.05, 4.69) is 21.2 Å². The van der Waals surface area contributed by atoms with Crippen LogP contribution in [0.25, 0.3) is 0 Å². The van der Waals surface area contributed by atoms with Gasteiger partial charge >= 0.3 is 0 Å². The molecule has 0 bridgehead atoms. The van der Waals surface area contributed by atoms with Crippen LogP contribution in [0.2, 0.25) is 0 Å². The Morgan fingerprint density at radius 1 is 1.32 bits per heavy atom. The minimum Gasteiger partial charge on any atom is -0.384 e. The number of benzene rings is 1. The zero-order chi connectivity index (χ0) is 13.7. The Hall–Kier alpha value is -1.10. The maximum atomic E-state index is 10.6. The highest BCUT2D eigenvalue weighted by atomic mass is 79.9. The molecule has 2 rings (SSSR count). The fourth-order valence-corrected chi connectivity index (χ4v) is 3.15. The number of nitrogens with zero attached hydrogens (tertiary/aromatic N) is 1. The van der Waals surface area contributed by atoms with Crippen LogP contribution in [-0.2, 0) is 0 Å². The summed E-state index contributed by atoms with van der Waals surface area (Å²) in [6, 6.07) is 4.85. The van der Waals surface area contributed by atoms with Crippen molar-refractivity contribution in [1.29, 1.82) is 0 Å². The molecule has 1 aliphatic carbocycles. The number of nitro benzene ring substituents is 1. The lowest BCUT2D eigenvalue weighted by atomic mass is 9.87. The topological polar surface area (TPSA) is 55.2 Å². The molecule has 0 saturated heterocycles. The molecule has 5 heteroatoms. The van der Waals surface area contributed by atoms with Gasteiger partial charge < -0.3 is 5.32 Å². The van der Waals surface area contributed by atoms with Crippen LogP contribution in [0.1, 0.15) is 38.5 Å². The fourth-order valence-electron chi connectivity index (χ4n) is 2.65. The number of nitro groups is 1. The van der Waals surface area contributed by atoms with Gasteiger partial charge in [-0.15, -0.1) is 0 Å². The molecule has 0 spiro atoms. The molecule has 0 heterocycles. The predicted octanol–water partition coefficient (Wildman–Crippen LogP) is 4.74. The molecular formula is C14H19BrN2O2. The molecule has 19 heavy (non-hydrogen) atoms. The van der Waals surface area contributed by atoms with E-state index < -0.39 is 0 Å². The quantitative estimate of drug-likeness (QED) is 0.628. The number of hydrogen-bond donors (Lipinski definition) is 1. The van der Waals surface area contributed by atoms with E-state index in [4.69, 9.17) is 0 Å². The second-order valence-corrected chi connectivity index (χ2v) is 6.00. The average molecular weight is 327 g/mol. The van der Waals surface area contributed by atoms with Gasteiger partial charge in [-0.05, 0) is 34.3 Å². The minimum absolute atomic E-state index is 0.115. The van der Waals surface area contributed by atoms with Crippen molar-refractivity contribution in [1.82, 2.24) is 0 Å². The van der Waals surface area contributed by atoms with Crippen molar-refractivity contribution in [3.05, 3.63) is 32.8 Å². The van der Waals surface area contributed by atoms with Gasteiger partial charge in [0, 0.05) is 28.8 Å². The zero-order valence-corrected chi connectivity index (χ0v) is 12.5. The molecule has 0 amide bonds. The van der Waals surface area contributed by atoms with Gasteiger partial charge in [0.25, 0.3) is 5.69 Å². The van der Waals surface area contributed by atoms with Gasteiger partial charge in [-0.2, -0.15) is 0 Å². The van der Waals surface area contributed by atoms with Gasteiger partial charge in [0.05, 0.1) is 4.92 Å². The fraction of sp³-hybridized carbons (Fsp3) is 0.571. The molecule has 104 valence electrons. The van der Waals surface area contributed by atoms with E-state index in [1.54, 1.807) is 12.1 Å². The highest BCUT2D eigenvalue weighted by Crippen LogP contribution is 2.29. The van der Waals surface area contributed by atoms with Crippen molar-refractivity contribution >= 4 is 27.3 Å². The summed E-state index contributed by atoms with van der Waals surface area (Å²) in [7, 11) is 0. The van der Waals surface area contributed by atoms with E-state index in [-0.39, 0.29) is 10.6 Å². The zero-order valence-electron chi connectivity index (χ0n) is 10.9. The molecule has 0 atom stereocenters. The standard InChI is InChI=1S/C14H19BrN2O2/c15-13-10-12(17(18)19)6-7-14(13)16-9-8-11-4-2-1-3-5-11/h6-7,10-11,16H,1-5,8-9H2. The molecule has 4 nitrogen and oxygen atoms in total. The highest BCUT2D eigenvalue weighted by Gasteiger charge is 2.13. The number of nitrogens with one attached hydrogen (secondary N) is 1. The van der Waals surface area contributed by atoms with Crippen molar-refractivity contribution in [2.45, 2.75) is 38.5 Å². The summed E-state index contributed by atoms with van der Waals surface area (Å²) in [5.41, 5.74) is 1.05. The van der Waals surface area contributed by atoms with Crippen LogP contribution in [0.5, 0.6) is 0 Å². The Morgan fingerprint density at radius 3 is 2.68 bits per heavy atom. The van der Waals surface area contributed by atoms with E-state index in [9.17, 15) is 10.1 Å². The van der Waals surface area contributed by atoms with Crippen LogP contribution in [0, 0.1) is 16.0 Å². The van der Waals surface area contributed by atoms with E-state index in [1.807, 2.05) is 0 Å². The van der Waals surface area contributed by atoms with Gasteiger partial charge in [-0.1, -0.05) is 32.1 Å². The van der Waals surface area contributed by atoms with Crippen molar-refractivity contribution in [3.8, 4) is 0 Å². The van der Waals surface area contributed by atoms with Crippen molar-refractivity contribution < 1.29 is 4.92 Å². The lowest BCUT2D eigenvalue weighted by molar-refractivity contribution is -0.384. The Labute approximate surface area is 121 Å². The van der Waals surface area contributed by atoms with Crippen LogP contribution in [-0.4, -0.2) is 11.5 Å². The average Bonchev–Trinajstić information content (AvgIpc) is 2.41. The number of anilines is 1. The molecule has 0 aliphatic heterocycles. The van der Waals surface area contributed by atoms with E-state index in [0.717, 1.165) is 22.6 Å². The number of non-ortho nitro benzene ring substituents is 1. The minimum atomic E-state index is -0.378. The number of rotatable bonds is 5. The molecule has 1 aliphatic rings. The molecule has 0 aromatic heterocycles. The van der Waals surface area contributed by atoms with Crippen LogP contribution in [0.3, 0.4) is 0 Å². The smallest absolute Gasteiger partial charge is 0.270 e. The van der Waals surface area contributed by atoms with Gasteiger partial charge in [-0.25, -0.2) is 0 Å². The molecule has 0 unspecified atom stereocenters. The lowest BCUT2D eigenvalue weighted by Gasteiger charge is -2.21. The maximum absolute atomic E-state index is 10.6. The molecule has 1 aromatic rings. The second kappa shape index (κ2) is 6.89. The predicted molar refractivity (Wildman–Crippen MR) is 80.5 cm³/mol. The van der Waals surface area contributed by atoms with Gasteiger partial charge in [-0.3, -0.25) is 10.1 Å². The largest absolute Gasteiger partial charge is 0.384 e. The monoisotopic (exact) mass is 326 g/mol. The van der Waals surface area contributed by atoms with E-state index >= 15 is 0 Å². The first-order chi connectivity index (χ1) is 9.16. The number of halogens is 1. The third-order valence-electron chi connectivity index (χ3n) is 3.76. The first kappa shape index (κ1) is 14.3. The third-order valence-corrected chi connectivity index (χ3v) is 4.41. The summed E-state index contributed by atoms with van der Waals surface area (Å²) in [5.74, 6) is 0.845. The van der Waals surface area contributed by atoms with Gasteiger partial charge in [0.15, 0.2) is 0 Å². The van der Waals surface area contributed by atoms with Crippen LogP contribution in [0.15, 0.2) is 22.7 Å². The Morgan fingerprint density at radius 2 is 2.05 bits per heavy atom. The highest BCUT2D eigenvalue weighted by molar-refractivity contribution is 9.10. The second-order valence-electron chi connectivity index (χ2n) is 5.14. The Bertz CT molecular complexity index is 445. The van der Waals surface area contributed by atoms with Crippen LogP contribution >= 0.6 is 15.9 Å². The maximum Gasteiger partial charge on any atom is 0.270 e. The molecule has 1 N–H and O–H groups in total. The molecule has 1 aromatic carbocycles. The SMILES string of the molecule is O=[N+]([O-])c1ccc(NCCC2CCCCC2)c(Br)c1. The Balaban J connectivity index is 1.83. The molecule has 1 fully saturated rings. The van der Waals surface area contributed by atoms with Gasteiger partial charge in [0.2, 0.25) is 0 Å². The van der Waals surface area contributed by atoms with E-state index in [0.29, 0.717) is 0 Å². The normalized spacial score (nSPS) is 16.3. The van der Waals surface area contributed by atoms with Crippen molar-refractivity contribution in [2.24, 2.45) is 5.92 Å². The van der Waals surface area contributed by atoms with Crippen LogP contribution < -0.4 is 5.32 Å². The number of hydrogen-bond acceptors (Lipinski definition) is 3. The van der Waals surface area contributed by atoms with Crippen molar-refractivity contribution in [2.75, 3.05) is 11.9 Å². The molecule has 0 radical (unpaired) electrons. The third kappa shape index (κ3) is 4.20. The first-order valence-electron chi connectivity index (χ1n) is 6.84. The van der Waals surface area contributed by atoms with Gasteiger partial charge in [0.1, 0.15) is 0 Å². The summed E-state index contributed by atoms with van der Waals surface area (Å²) >= 11 is 3.37. The summed E-state index contributed by atoms with van der Waals surface area (Å²) < 4.78 is 0.755. The van der Waals surface area contributed by atoms with Crippen LogP contribution in [0.4, 0.5) is 11.4 Å². The van der Waals surface area contributed by atoms with Crippen molar-refractivity contribution in [3.63, 3.8) is 0 Å². The first-order valence-corrected chi connectivity index (χ1v) is 7.64. The molecule has 1 saturated carbocycles. The Kier molecular flexibility index (Phi) is 5.19. The summed E-state index contributed by atoms with van der Waals surface area (Å²) in [6.45, 7) is 0.932. The summed E-state index contributed by atoms with van der Waals surface area (Å²) in [6.07, 6.45) is 8.01. The lowest BCUT2D eigenvalue weighted by Crippen LogP contribution is -2.12.